The van der Waals surface area contributed by atoms with Crippen molar-refractivity contribution in [2.75, 3.05) is 69.7 Å². The van der Waals surface area contributed by atoms with E-state index in [-0.39, 0.29) is 5.91 Å². The normalized spacial score (nSPS) is 17.7. The lowest BCUT2D eigenvalue weighted by molar-refractivity contribution is 0.0965. The lowest BCUT2D eigenvalue weighted by Gasteiger charge is -2.32. The average Bonchev–Trinajstić information content (AvgIpc) is 3.29. The van der Waals surface area contributed by atoms with Gasteiger partial charge in [0.15, 0.2) is 0 Å². The van der Waals surface area contributed by atoms with Crippen LogP contribution in [0.5, 0.6) is 0 Å². The van der Waals surface area contributed by atoms with Crippen molar-refractivity contribution in [3.63, 3.8) is 0 Å². The predicted octanol–water partition coefficient (Wildman–Crippen LogP) is 2.57. The maximum Gasteiger partial charge on any atom is 0.261 e. The lowest BCUT2D eigenvalue weighted by Crippen LogP contribution is -2.37. The third-order valence-electron chi connectivity index (χ3n) is 6.66. The number of piperidine rings is 1. The molecule has 5 heterocycles. The molecule has 1 amide bonds. The highest BCUT2D eigenvalue weighted by molar-refractivity contribution is 7.20. The number of carbonyl (C=O) groups is 1. The molecule has 2 saturated heterocycles. The Hall–Kier alpha value is -2.82. The molecule has 0 atom stereocenters. The number of fused-ring (bicyclic) bond motifs is 1. The number of hydrogen-bond donors (Lipinski definition) is 2. The molecule has 9 nitrogen and oxygen atoms in total. The minimum absolute atomic E-state index is 0.00840. The monoisotopic (exact) mass is 481 g/mol. The minimum Gasteiger partial charge on any atom is -0.378 e. The molecule has 0 spiro atoms. The molecule has 180 valence electrons. The fourth-order valence-corrected chi connectivity index (χ4v) is 6.01. The Bertz CT molecular complexity index is 1120. The highest BCUT2D eigenvalue weighted by atomic mass is 32.1. The van der Waals surface area contributed by atoms with Gasteiger partial charge >= 0.3 is 0 Å². The SMILES string of the molecule is CNC(=O)c1sc2ncccc2c1C1CCN(CCNc2cc(N3CCOCC3)ncn2)CC1. The Labute approximate surface area is 203 Å². The van der Waals surface area contributed by atoms with Crippen molar-refractivity contribution < 1.29 is 9.53 Å². The molecule has 0 radical (unpaired) electrons. The number of likely N-dealkylation sites (tertiary alicyclic amines) is 1. The molecule has 2 aliphatic rings. The van der Waals surface area contributed by atoms with E-state index in [1.54, 1.807) is 19.6 Å². The van der Waals surface area contributed by atoms with E-state index in [9.17, 15) is 4.79 Å². The van der Waals surface area contributed by atoms with Gasteiger partial charge in [-0.2, -0.15) is 0 Å². The number of amides is 1. The summed E-state index contributed by atoms with van der Waals surface area (Å²) in [4.78, 5) is 32.3. The molecule has 0 aliphatic carbocycles. The Morgan fingerprint density at radius 1 is 1.18 bits per heavy atom. The van der Waals surface area contributed by atoms with E-state index in [2.05, 4.69) is 41.5 Å². The third-order valence-corrected chi connectivity index (χ3v) is 7.78. The zero-order valence-electron chi connectivity index (χ0n) is 19.5. The smallest absolute Gasteiger partial charge is 0.261 e. The van der Waals surface area contributed by atoms with Crippen molar-refractivity contribution in [2.45, 2.75) is 18.8 Å². The molecule has 2 aliphatic heterocycles. The number of nitrogens with zero attached hydrogens (tertiary/aromatic N) is 5. The third kappa shape index (κ3) is 4.98. The van der Waals surface area contributed by atoms with Crippen LogP contribution >= 0.6 is 11.3 Å². The Morgan fingerprint density at radius 2 is 2.00 bits per heavy atom. The zero-order chi connectivity index (χ0) is 23.3. The van der Waals surface area contributed by atoms with Gasteiger partial charge in [0.2, 0.25) is 0 Å². The lowest BCUT2D eigenvalue weighted by atomic mass is 9.87. The number of ether oxygens (including phenoxy) is 1. The molecule has 10 heteroatoms. The van der Waals surface area contributed by atoms with Gasteiger partial charge in [-0.05, 0) is 43.5 Å². The molecule has 2 N–H and O–H groups in total. The number of rotatable bonds is 7. The number of morpholine rings is 1. The second-order valence-electron chi connectivity index (χ2n) is 8.68. The van der Waals surface area contributed by atoms with Crippen molar-refractivity contribution in [2.24, 2.45) is 0 Å². The highest BCUT2D eigenvalue weighted by Gasteiger charge is 2.28. The van der Waals surface area contributed by atoms with Crippen LogP contribution in [0.3, 0.4) is 0 Å². The Morgan fingerprint density at radius 3 is 2.79 bits per heavy atom. The summed E-state index contributed by atoms with van der Waals surface area (Å²) in [6.45, 7) is 7.03. The van der Waals surface area contributed by atoms with Crippen LogP contribution in [-0.4, -0.2) is 85.3 Å². The molecule has 0 bridgehead atoms. The quantitative estimate of drug-likeness (QED) is 0.532. The van der Waals surface area contributed by atoms with Crippen LogP contribution in [0, 0.1) is 0 Å². The molecular formula is C24H31N7O2S. The maximum atomic E-state index is 12.5. The van der Waals surface area contributed by atoms with E-state index in [4.69, 9.17) is 4.74 Å². The molecule has 0 saturated carbocycles. The summed E-state index contributed by atoms with van der Waals surface area (Å²) in [5.41, 5.74) is 1.18. The second kappa shape index (κ2) is 10.6. The average molecular weight is 482 g/mol. The summed E-state index contributed by atoms with van der Waals surface area (Å²) in [5, 5.41) is 7.39. The van der Waals surface area contributed by atoms with Gasteiger partial charge in [-0.25, -0.2) is 15.0 Å². The Kier molecular flexibility index (Phi) is 7.17. The molecular weight excluding hydrogens is 450 g/mol. The summed E-state index contributed by atoms with van der Waals surface area (Å²) in [5.74, 6) is 2.18. The summed E-state index contributed by atoms with van der Waals surface area (Å²) in [7, 11) is 1.70. The van der Waals surface area contributed by atoms with Gasteiger partial charge in [0.05, 0.1) is 18.1 Å². The van der Waals surface area contributed by atoms with E-state index < -0.39 is 0 Å². The van der Waals surface area contributed by atoms with Gasteiger partial charge in [-0.15, -0.1) is 11.3 Å². The standard InChI is InChI=1S/C24H31N7O2S/c1-25-23(32)22-21(18-3-2-6-27-24(18)34-22)17-4-8-30(9-5-17)10-7-26-19-15-20(29-16-28-19)31-11-13-33-14-12-31/h2-3,6,15-17H,4-5,7-14H2,1H3,(H,25,32)(H,26,28,29). The van der Waals surface area contributed by atoms with Crippen LogP contribution in [0.2, 0.25) is 0 Å². The largest absolute Gasteiger partial charge is 0.378 e. The van der Waals surface area contributed by atoms with E-state index >= 15 is 0 Å². The van der Waals surface area contributed by atoms with Crippen molar-refractivity contribution in [1.29, 1.82) is 0 Å². The van der Waals surface area contributed by atoms with Crippen LogP contribution < -0.4 is 15.5 Å². The number of anilines is 2. The van der Waals surface area contributed by atoms with Gasteiger partial charge in [0.1, 0.15) is 22.8 Å². The summed E-state index contributed by atoms with van der Waals surface area (Å²) < 4.78 is 5.43. The van der Waals surface area contributed by atoms with Crippen LogP contribution in [-0.2, 0) is 4.74 Å². The van der Waals surface area contributed by atoms with Crippen molar-refractivity contribution >= 4 is 39.1 Å². The van der Waals surface area contributed by atoms with Crippen LogP contribution in [0.25, 0.3) is 10.2 Å². The maximum absolute atomic E-state index is 12.5. The van der Waals surface area contributed by atoms with Crippen LogP contribution in [0.4, 0.5) is 11.6 Å². The van der Waals surface area contributed by atoms with Gasteiger partial charge in [0.25, 0.3) is 5.91 Å². The molecule has 34 heavy (non-hydrogen) atoms. The van der Waals surface area contributed by atoms with Crippen LogP contribution in [0.15, 0.2) is 30.7 Å². The summed E-state index contributed by atoms with van der Waals surface area (Å²) in [6, 6.07) is 6.09. The minimum atomic E-state index is -0.00840. The molecule has 5 rings (SSSR count). The zero-order valence-corrected chi connectivity index (χ0v) is 20.3. The summed E-state index contributed by atoms with van der Waals surface area (Å²) >= 11 is 1.50. The number of pyridine rings is 1. The van der Waals surface area contributed by atoms with E-state index in [1.165, 1.54) is 16.9 Å². The first kappa shape index (κ1) is 22.9. The van der Waals surface area contributed by atoms with Crippen molar-refractivity contribution in [3.05, 3.63) is 41.2 Å². The topological polar surface area (TPSA) is 95.5 Å². The van der Waals surface area contributed by atoms with Gasteiger partial charge in [-0.3, -0.25) is 4.79 Å². The molecule has 0 aromatic carbocycles. The number of aromatic nitrogens is 3. The highest BCUT2D eigenvalue weighted by Crippen LogP contribution is 2.39. The van der Waals surface area contributed by atoms with Gasteiger partial charge in [-0.1, -0.05) is 6.07 Å². The number of carbonyl (C=O) groups excluding carboxylic acids is 1. The van der Waals surface area contributed by atoms with Gasteiger partial charge in [0, 0.05) is 50.9 Å². The first-order valence-corrected chi connectivity index (χ1v) is 12.7. The number of nitrogens with one attached hydrogen (secondary N) is 2. The van der Waals surface area contributed by atoms with Crippen molar-refractivity contribution in [1.82, 2.24) is 25.2 Å². The van der Waals surface area contributed by atoms with Crippen molar-refractivity contribution in [3.8, 4) is 0 Å². The molecule has 3 aromatic heterocycles. The van der Waals surface area contributed by atoms with Crippen LogP contribution in [0.1, 0.15) is 34.0 Å². The number of hydrogen-bond acceptors (Lipinski definition) is 9. The number of thiophene rings is 1. The fourth-order valence-electron chi connectivity index (χ4n) is 4.84. The first-order chi connectivity index (χ1) is 16.7. The Balaban J connectivity index is 1.16. The second-order valence-corrected chi connectivity index (χ2v) is 9.68. The summed E-state index contributed by atoms with van der Waals surface area (Å²) in [6.07, 6.45) is 5.51. The van der Waals surface area contributed by atoms with Gasteiger partial charge < -0.3 is 25.2 Å². The van der Waals surface area contributed by atoms with E-state index in [0.29, 0.717) is 5.92 Å². The fraction of sp³-hybridized carbons (Fsp3) is 0.500. The predicted molar refractivity (Wildman–Crippen MR) is 135 cm³/mol. The molecule has 3 aromatic rings. The molecule has 2 fully saturated rings. The van der Waals surface area contributed by atoms with E-state index in [1.807, 2.05) is 12.1 Å². The van der Waals surface area contributed by atoms with E-state index in [0.717, 1.165) is 92.1 Å². The first-order valence-electron chi connectivity index (χ1n) is 11.9. The molecule has 0 unspecified atom stereocenters.